The zero-order valence-electron chi connectivity index (χ0n) is 16.6. The molecule has 1 saturated carbocycles. The number of hydrogen-bond acceptors (Lipinski definition) is 5. The van der Waals surface area contributed by atoms with Crippen LogP contribution in [0.5, 0.6) is 0 Å². The van der Waals surface area contributed by atoms with Crippen LogP contribution in [0, 0.1) is 0 Å². The summed E-state index contributed by atoms with van der Waals surface area (Å²) in [6, 6.07) is 4.67. The molecule has 0 radical (unpaired) electrons. The summed E-state index contributed by atoms with van der Waals surface area (Å²) in [6.45, 7) is 0.337. The van der Waals surface area contributed by atoms with E-state index in [0.717, 1.165) is 29.1 Å². The van der Waals surface area contributed by atoms with Gasteiger partial charge in [0.25, 0.3) is 5.91 Å². The number of rotatable bonds is 3. The Morgan fingerprint density at radius 2 is 2.03 bits per heavy atom. The van der Waals surface area contributed by atoms with Crippen molar-refractivity contribution in [2.24, 2.45) is 0 Å². The third-order valence-electron chi connectivity index (χ3n) is 6.01. The quantitative estimate of drug-likeness (QED) is 0.522. The van der Waals surface area contributed by atoms with Crippen LogP contribution in [-0.2, 0) is 12.6 Å². The van der Waals surface area contributed by atoms with Gasteiger partial charge in [-0.15, -0.1) is 0 Å². The largest absolute Gasteiger partial charge is 0.438 e. The minimum atomic E-state index is -4.57. The van der Waals surface area contributed by atoms with E-state index in [1.165, 1.54) is 18.8 Å². The predicted octanol–water partition coefficient (Wildman–Crippen LogP) is 3.73. The molecule has 164 valence electrons. The van der Waals surface area contributed by atoms with Crippen molar-refractivity contribution in [3.8, 4) is 0 Å². The Kier molecular flexibility index (Phi) is 3.99. The molecule has 1 fully saturated rings. The molecular weight excluding hydrogens is 425 g/mol. The molecule has 6 rings (SSSR count). The molecule has 4 aromatic heterocycles. The molecule has 0 spiro atoms. The zero-order valence-corrected chi connectivity index (χ0v) is 16.6. The van der Waals surface area contributed by atoms with Gasteiger partial charge in [-0.1, -0.05) is 6.07 Å². The first kappa shape index (κ1) is 19.1. The molecule has 8 nitrogen and oxygen atoms in total. The van der Waals surface area contributed by atoms with Gasteiger partial charge in [-0.25, -0.2) is 14.5 Å². The molecule has 1 aliphatic carbocycles. The fraction of sp³-hybridized carbons (Fsp3) is 0.333. The molecule has 0 aromatic carbocycles. The summed E-state index contributed by atoms with van der Waals surface area (Å²) in [4.78, 5) is 26.7. The van der Waals surface area contributed by atoms with Gasteiger partial charge in [0, 0.05) is 24.6 Å². The Balaban J connectivity index is 1.47. The number of fused-ring (bicyclic) bond motifs is 2. The van der Waals surface area contributed by atoms with Gasteiger partial charge in [-0.3, -0.25) is 4.79 Å². The molecule has 5 heterocycles. The van der Waals surface area contributed by atoms with Crippen LogP contribution in [0.2, 0.25) is 0 Å². The summed E-state index contributed by atoms with van der Waals surface area (Å²) < 4.78 is 46.9. The molecule has 1 unspecified atom stereocenters. The normalized spacial score (nSPS) is 18.8. The van der Waals surface area contributed by atoms with Crippen molar-refractivity contribution in [1.29, 1.82) is 0 Å². The van der Waals surface area contributed by atoms with Gasteiger partial charge in [0.1, 0.15) is 11.7 Å². The Bertz CT molecular complexity index is 1330. The highest BCUT2D eigenvalue weighted by Crippen LogP contribution is 2.42. The maximum absolute atomic E-state index is 13.5. The molecule has 0 bridgehead atoms. The van der Waals surface area contributed by atoms with Gasteiger partial charge < -0.3 is 14.3 Å². The maximum Gasteiger partial charge on any atom is 0.433 e. The van der Waals surface area contributed by atoms with Crippen molar-refractivity contribution in [1.82, 2.24) is 29.5 Å². The number of aromatic amines is 1. The number of amides is 1. The van der Waals surface area contributed by atoms with E-state index in [9.17, 15) is 18.0 Å². The number of alkyl halides is 3. The molecule has 2 aliphatic rings. The van der Waals surface area contributed by atoms with E-state index >= 15 is 0 Å². The van der Waals surface area contributed by atoms with E-state index in [0.29, 0.717) is 30.0 Å². The number of H-pyrrole nitrogens is 1. The van der Waals surface area contributed by atoms with Crippen LogP contribution in [0.15, 0.2) is 41.4 Å². The van der Waals surface area contributed by atoms with Crippen molar-refractivity contribution >= 4 is 11.4 Å². The average molecular weight is 442 g/mol. The summed E-state index contributed by atoms with van der Waals surface area (Å²) in [5.41, 5.74) is 1.72. The fourth-order valence-electron chi connectivity index (χ4n) is 4.37. The molecule has 1 N–H and O–H groups in total. The van der Waals surface area contributed by atoms with Gasteiger partial charge in [-0.05, 0) is 31.0 Å². The Labute approximate surface area is 179 Å². The first-order valence-corrected chi connectivity index (χ1v) is 10.2. The molecule has 1 amide bonds. The van der Waals surface area contributed by atoms with Crippen LogP contribution < -0.4 is 0 Å². The lowest BCUT2D eigenvalue weighted by Gasteiger charge is -2.33. The smallest absolute Gasteiger partial charge is 0.433 e. The Morgan fingerprint density at radius 1 is 1.19 bits per heavy atom. The molecule has 32 heavy (non-hydrogen) atoms. The molecule has 11 heteroatoms. The fourth-order valence-corrected chi connectivity index (χ4v) is 4.37. The van der Waals surface area contributed by atoms with Crippen LogP contribution in [-0.4, -0.2) is 41.9 Å². The third-order valence-corrected chi connectivity index (χ3v) is 6.01. The molecule has 4 aromatic rings. The number of imidazole rings is 1. The SMILES string of the molecule is O=C(c1ocnc1C1CC1)N1CCc2[nH]cnc2C1c1cc2cccc(C(F)(F)F)n2n1. The number of aromatic nitrogens is 5. The number of carbonyl (C=O) groups is 1. The average Bonchev–Trinajstić information content (AvgIpc) is 3.18. The Hall–Kier alpha value is -3.63. The lowest BCUT2D eigenvalue weighted by molar-refractivity contribution is -0.142. The maximum atomic E-state index is 13.5. The molecule has 1 aliphatic heterocycles. The number of nitrogens with one attached hydrogen (secondary N) is 1. The van der Waals surface area contributed by atoms with Crippen molar-refractivity contribution in [2.75, 3.05) is 6.54 Å². The summed E-state index contributed by atoms with van der Waals surface area (Å²) in [5, 5.41) is 4.27. The highest BCUT2D eigenvalue weighted by atomic mass is 19.4. The molecular formula is C21H17F3N6O2. The summed E-state index contributed by atoms with van der Waals surface area (Å²) >= 11 is 0. The summed E-state index contributed by atoms with van der Waals surface area (Å²) in [6.07, 6.45) is 0.652. The second-order valence-corrected chi connectivity index (χ2v) is 8.07. The first-order valence-electron chi connectivity index (χ1n) is 10.2. The van der Waals surface area contributed by atoms with Gasteiger partial charge in [0.05, 0.1) is 28.9 Å². The minimum Gasteiger partial charge on any atom is -0.438 e. The Morgan fingerprint density at radius 3 is 2.81 bits per heavy atom. The third kappa shape index (κ3) is 2.91. The highest BCUT2D eigenvalue weighted by Gasteiger charge is 2.41. The van der Waals surface area contributed by atoms with E-state index in [4.69, 9.17) is 4.42 Å². The highest BCUT2D eigenvalue weighted by molar-refractivity contribution is 5.93. The standard InChI is InChI=1S/C21H17F3N6O2/c22-21(23,24)15-3-1-2-12-8-14(28-30(12)15)18-17-13(25-9-26-17)6-7-29(18)20(31)19-16(11-4-5-11)27-10-32-19/h1-3,8-11,18H,4-7H2,(H,25,26). The van der Waals surface area contributed by atoms with E-state index in [2.05, 4.69) is 20.1 Å². The monoisotopic (exact) mass is 442 g/mol. The second-order valence-electron chi connectivity index (χ2n) is 8.07. The second kappa shape index (κ2) is 6.68. The van der Waals surface area contributed by atoms with Gasteiger partial charge in [-0.2, -0.15) is 18.3 Å². The van der Waals surface area contributed by atoms with Gasteiger partial charge in [0.15, 0.2) is 6.39 Å². The van der Waals surface area contributed by atoms with Crippen molar-refractivity contribution < 1.29 is 22.4 Å². The lowest BCUT2D eigenvalue weighted by atomic mass is 9.99. The van der Waals surface area contributed by atoms with Crippen molar-refractivity contribution in [2.45, 2.75) is 37.4 Å². The van der Waals surface area contributed by atoms with Crippen molar-refractivity contribution in [3.63, 3.8) is 0 Å². The van der Waals surface area contributed by atoms with E-state index in [1.54, 1.807) is 17.0 Å². The van der Waals surface area contributed by atoms with Crippen LogP contribution >= 0.6 is 0 Å². The molecule has 0 saturated heterocycles. The molecule has 1 atom stereocenters. The van der Waals surface area contributed by atoms with Crippen LogP contribution in [0.4, 0.5) is 13.2 Å². The van der Waals surface area contributed by atoms with E-state index < -0.39 is 17.9 Å². The lowest BCUT2D eigenvalue weighted by Crippen LogP contribution is -2.41. The number of hydrogen-bond donors (Lipinski definition) is 1. The summed E-state index contributed by atoms with van der Waals surface area (Å²) in [7, 11) is 0. The summed E-state index contributed by atoms with van der Waals surface area (Å²) in [5.74, 6) is 0.0220. The first-order chi connectivity index (χ1) is 15.4. The number of oxazole rings is 1. The zero-order chi connectivity index (χ0) is 22.0. The van der Waals surface area contributed by atoms with Crippen LogP contribution in [0.3, 0.4) is 0 Å². The number of carbonyl (C=O) groups excluding carboxylic acids is 1. The minimum absolute atomic E-state index is 0.177. The number of halogens is 3. The van der Waals surface area contributed by atoms with Gasteiger partial charge in [0.2, 0.25) is 5.76 Å². The number of pyridine rings is 1. The van der Waals surface area contributed by atoms with Crippen LogP contribution in [0.25, 0.3) is 5.52 Å². The van der Waals surface area contributed by atoms with E-state index in [-0.39, 0.29) is 23.1 Å². The predicted molar refractivity (Wildman–Crippen MR) is 104 cm³/mol. The number of nitrogens with zero attached hydrogens (tertiary/aromatic N) is 5. The van der Waals surface area contributed by atoms with Gasteiger partial charge >= 0.3 is 6.18 Å². The van der Waals surface area contributed by atoms with Crippen molar-refractivity contribution in [3.05, 3.63) is 71.2 Å². The van der Waals surface area contributed by atoms with Crippen LogP contribution in [0.1, 0.15) is 63.8 Å². The topological polar surface area (TPSA) is 92.3 Å². The van der Waals surface area contributed by atoms with E-state index in [1.807, 2.05) is 0 Å².